The van der Waals surface area contributed by atoms with Crippen LogP contribution in [0.15, 0.2) is 180 Å². The van der Waals surface area contributed by atoms with Gasteiger partial charge in [0.2, 0.25) is 0 Å². The average molecular weight is 651 g/mol. The summed E-state index contributed by atoms with van der Waals surface area (Å²) in [7, 11) is 0. The first-order valence-electron chi connectivity index (χ1n) is 17.4. The lowest BCUT2D eigenvalue weighted by Gasteiger charge is -2.27. The highest BCUT2D eigenvalue weighted by Crippen LogP contribution is 2.49. The predicted molar refractivity (Wildman–Crippen MR) is 215 cm³/mol. The van der Waals surface area contributed by atoms with Crippen molar-refractivity contribution in [2.75, 3.05) is 10.2 Å². The van der Waals surface area contributed by atoms with Gasteiger partial charge < -0.3 is 14.6 Å². The van der Waals surface area contributed by atoms with E-state index in [1.807, 2.05) is 12.1 Å². The standard InChI is InChI=1S/C48H30N2O/c1-3-12-36-30(9-1)11-7-17-44(36)50(34-24-28-46-41(29-34)38-14-5-6-18-45(38)51-46)33-22-19-32(20-23-33)35-25-27-43-48-39(35)15-8-16-40(48)47-37-13-4-2-10-31(37)21-26-42(47)49-43/h1-29,49H. The van der Waals surface area contributed by atoms with Crippen molar-refractivity contribution >= 4 is 82.7 Å². The van der Waals surface area contributed by atoms with Gasteiger partial charge in [0.15, 0.2) is 0 Å². The molecular weight excluding hydrogens is 621 g/mol. The summed E-state index contributed by atoms with van der Waals surface area (Å²) in [5.41, 5.74) is 12.3. The van der Waals surface area contributed by atoms with Crippen molar-refractivity contribution in [1.82, 2.24) is 0 Å². The third-order valence-electron chi connectivity index (χ3n) is 10.6. The molecule has 3 nitrogen and oxygen atoms in total. The first-order chi connectivity index (χ1) is 25.3. The number of anilines is 5. The van der Waals surface area contributed by atoms with Crippen LogP contribution in [0.1, 0.15) is 0 Å². The van der Waals surface area contributed by atoms with E-state index in [4.69, 9.17) is 4.42 Å². The van der Waals surface area contributed by atoms with Gasteiger partial charge in [-0.25, -0.2) is 0 Å². The van der Waals surface area contributed by atoms with Crippen molar-refractivity contribution in [3.05, 3.63) is 176 Å². The van der Waals surface area contributed by atoms with E-state index >= 15 is 0 Å². The molecule has 1 aromatic heterocycles. The Labute approximate surface area is 294 Å². The zero-order chi connectivity index (χ0) is 33.5. The average Bonchev–Trinajstić information content (AvgIpc) is 3.57. The molecular formula is C48H30N2O. The second-order valence-corrected chi connectivity index (χ2v) is 13.4. The third-order valence-corrected chi connectivity index (χ3v) is 10.6. The largest absolute Gasteiger partial charge is 0.456 e. The smallest absolute Gasteiger partial charge is 0.135 e. The Morgan fingerprint density at radius 1 is 0.412 bits per heavy atom. The second kappa shape index (κ2) is 10.8. The number of nitrogens with zero attached hydrogens (tertiary/aromatic N) is 1. The molecule has 0 saturated heterocycles. The molecule has 0 atom stereocenters. The topological polar surface area (TPSA) is 28.4 Å². The Hall–Kier alpha value is -6.84. The molecule has 0 radical (unpaired) electrons. The van der Waals surface area contributed by atoms with Crippen LogP contribution in [0, 0.1) is 0 Å². The van der Waals surface area contributed by atoms with Crippen molar-refractivity contribution in [3.8, 4) is 22.3 Å². The van der Waals surface area contributed by atoms with Crippen LogP contribution in [-0.4, -0.2) is 0 Å². The first kappa shape index (κ1) is 28.0. The van der Waals surface area contributed by atoms with Gasteiger partial charge in [-0.15, -0.1) is 0 Å². The minimum Gasteiger partial charge on any atom is -0.456 e. The van der Waals surface area contributed by atoms with Crippen LogP contribution in [-0.2, 0) is 0 Å². The predicted octanol–water partition coefficient (Wildman–Crippen LogP) is 13.9. The van der Waals surface area contributed by atoms with Crippen LogP contribution < -0.4 is 10.2 Å². The zero-order valence-electron chi connectivity index (χ0n) is 27.6. The molecule has 0 fully saturated rings. The van der Waals surface area contributed by atoms with E-state index in [9.17, 15) is 0 Å². The number of benzene rings is 9. The monoisotopic (exact) mass is 650 g/mol. The molecule has 1 aliphatic rings. The Morgan fingerprint density at radius 3 is 1.96 bits per heavy atom. The van der Waals surface area contributed by atoms with Crippen molar-refractivity contribution in [2.24, 2.45) is 0 Å². The maximum atomic E-state index is 6.22. The molecule has 1 aliphatic heterocycles. The van der Waals surface area contributed by atoms with Crippen molar-refractivity contribution in [1.29, 1.82) is 0 Å². The number of para-hydroxylation sites is 1. The van der Waals surface area contributed by atoms with Crippen LogP contribution >= 0.6 is 0 Å². The molecule has 51 heavy (non-hydrogen) atoms. The Kier molecular flexibility index (Phi) is 5.96. The minimum atomic E-state index is 0.890. The van der Waals surface area contributed by atoms with E-state index in [0.717, 1.165) is 50.4 Å². The molecule has 238 valence electrons. The summed E-state index contributed by atoms with van der Waals surface area (Å²) >= 11 is 0. The summed E-state index contributed by atoms with van der Waals surface area (Å²) in [6, 6.07) is 63.3. The zero-order valence-corrected chi connectivity index (χ0v) is 27.6. The molecule has 0 aliphatic carbocycles. The number of fused-ring (bicyclic) bond motifs is 8. The van der Waals surface area contributed by atoms with Crippen LogP contribution in [0.2, 0.25) is 0 Å². The minimum absolute atomic E-state index is 0.890. The molecule has 1 N–H and O–H groups in total. The summed E-state index contributed by atoms with van der Waals surface area (Å²) in [5, 5.41) is 13.4. The molecule has 3 heteroatoms. The summed E-state index contributed by atoms with van der Waals surface area (Å²) in [6.07, 6.45) is 0. The van der Waals surface area contributed by atoms with Crippen molar-refractivity contribution in [2.45, 2.75) is 0 Å². The van der Waals surface area contributed by atoms with Gasteiger partial charge in [-0.1, -0.05) is 121 Å². The highest BCUT2D eigenvalue weighted by atomic mass is 16.3. The lowest BCUT2D eigenvalue weighted by atomic mass is 9.86. The van der Waals surface area contributed by atoms with Gasteiger partial charge in [-0.05, 0) is 92.8 Å². The van der Waals surface area contributed by atoms with E-state index in [-0.39, 0.29) is 0 Å². The maximum absolute atomic E-state index is 6.22. The Morgan fingerprint density at radius 2 is 1.08 bits per heavy atom. The fourth-order valence-corrected chi connectivity index (χ4v) is 8.26. The molecule has 9 aromatic carbocycles. The quantitative estimate of drug-likeness (QED) is 0.205. The SMILES string of the molecule is c1ccc2c(N(c3ccc(-c4ccc5c6c(cccc46)-c4c(ccc6ccccc46)N5)cc3)c3ccc4oc5ccccc5c4c3)cccc2c1. The van der Waals surface area contributed by atoms with Gasteiger partial charge in [-0.3, -0.25) is 0 Å². The van der Waals surface area contributed by atoms with Crippen molar-refractivity contribution in [3.63, 3.8) is 0 Å². The van der Waals surface area contributed by atoms with E-state index in [1.165, 1.54) is 54.6 Å². The fourth-order valence-electron chi connectivity index (χ4n) is 8.26. The number of nitrogens with one attached hydrogen (secondary N) is 1. The van der Waals surface area contributed by atoms with Gasteiger partial charge in [0.1, 0.15) is 11.2 Å². The molecule has 2 heterocycles. The van der Waals surface area contributed by atoms with E-state index < -0.39 is 0 Å². The molecule has 0 amide bonds. The third kappa shape index (κ3) is 4.25. The molecule has 11 rings (SSSR count). The lowest BCUT2D eigenvalue weighted by molar-refractivity contribution is 0.669. The van der Waals surface area contributed by atoms with E-state index in [2.05, 4.69) is 174 Å². The number of hydrogen-bond donors (Lipinski definition) is 1. The van der Waals surface area contributed by atoms with Gasteiger partial charge >= 0.3 is 0 Å². The molecule has 10 aromatic rings. The maximum Gasteiger partial charge on any atom is 0.135 e. The fraction of sp³-hybridized carbons (Fsp3) is 0. The number of rotatable bonds is 4. The number of hydrogen-bond acceptors (Lipinski definition) is 3. The van der Waals surface area contributed by atoms with Crippen LogP contribution in [0.25, 0.3) is 76.5 Å². The molecule has 0 unspecified atom stereocenters. The summed E-state index contributed by atoms with van der Waals surface area (Å²) < 4.78 is 6.22. The first-order valence-corrected chi connectivity index (χ1v) is 17.4. The highest BCUT2D eigenvalue weighted by molar-refractivity contribution is 6.20. The second-order valence-electron chi connectivity index (χ2n) is 13.4. The van der Waals surface area contributed by atoms with Gasteiger partial charge in [-0.2, -0.15) is 0 Å². The Bertz CT molecular complexity index is 3000. The molecule has 0 spiro atoms. The lowest BCUT2D eigenvalue weighted by Crippen LogP contribution is -2.10. The Balaban J connectivity index is 1.07. The summed E-state index contributed by atoms with van der Waals surface area (Å²) in [4.78, 5) is 2.37. The van der Waals surface area contributed by atoms with Gasteiger partial charge in [0, 0.05) is 49.9 Å². The van der Waals surface area contributed by atoms with Crippen LogP contribution in [0.3, 0.4) is 0 Å². The molecule has 0 saturated carbocycles. The normalized spacial score (nSPS) is 12.1. The highest BCUT2D eigenvalue weighted by Gasteiger charge is 2.22. The van der Waals surface area contributed by atoms with Gasteiger partial charge in [0.25, 0.3) is 0 Å². The van der Waals surface area contributed by atoms with Crippen LogP contribution in [0.5, 0.6) is 0 Å². The molecule has 0 bridgehead atoms. The summed E-state index contributed by atoms with van der Waals surface area (Å²) in [6.45, 7) is 0. The van der Waals surface area contributed by atoms with E-state index in [0.29, 0.717) is 0 Å². The van der Waals surface area contributed by atoms with Crippen molar-refractivity contribution < 1.29 is 4.42 Å². The van der Waals surface area contributed by atoms with Gasteiger partial charge in [0.05, 0.1) is 5.69 Å². The number of furan rings is 1. The van der Waals surface area contributed by atoms with Crippen LogP contribution in [0.4, 0.5) is 28.4 Å². The summed E-state index contributed by atoms with van der Waals surface area (Å²) in [5.74, 6) is 0. The van der Waals surface area contributed by atoms with E-state index in [1.54, 1.807) is 0 Å².